The van der Waals surface area contributed by atoms with Crippen LogP contribution in [0.4, 0.5) is 0 Å². The second kappa shape index (κ2) is 7.70. The Hall–Kier alpha value is -0.670. The maximum Gasteiger partial charge on any atom is 0.0436 e. The Morgan fingerprint density at radius 3 is 2.50 bits per heavy atom. The zero-order valence-electron chi connectivity index (χ0n) is 12.0. The highest BCUT2D eigenvalue weighted by atomic mass is 32.2. The van der Waals surface area contributed by atoms with Gasteiger partial charge in [-0.1, -0.05) is 32.0 Å². The van der Waals surface area contributed by atoms with Gasteiger partial charge in [0.1, 0.15) is 0 Å². The van der Waals surface area contributed by atoms with Gasteiger partial charge in [0.05, 0.1) is 0 Å². The van der Waals surface area contributed by atoms with Crippen LogP contribution in [0.1, 0.15) is 43.0 Å². The largest absolute Gasteiger partial charge is 0.309 e. The number of hydrogen-bond donors (Lipinski definition) is 1. The topological polar surface area (TPSA) is 29.1 Å². The fraction of sp³-hybridized carbons (Fsp3) is 0.600. The van der Waals surface area contributed by atoms with E-state index in [2.05, 4.69) is 51.2 Å². The number of rotatable bonds is 7. The Bertz CT molecular complexity index is 403. The maximum absolute atomic E-state index is 11.9. The van der Waals surface area contributed by atoms with E-state index in [1.54, 1.807) is 0 Å². The molecule has 0 aromatic heterocycles. The minimum absolute atomic E-state index is 0.210. The van der Waals surface area contributed by atoms with Crippen LogP contribution >= 0.6 is 0 Å². The van der Waals surface area contributed by atoms with Crippen LogP contribution in [0.2, 0.25) is 0 Å². The molecule has 3 heteroatoms. The normalized spacial score (nSPS) is 14.4. The van der Waals surface area contributed by atoms with Crippen LogP contribution in [0.5, 0.6) is 0 Å². The summed E-state index contributed by atoms with van der Waals surface area (Å²) in [5.41, 5.74) is 3.87. The molecule has 18 heavy (non-hydrogen) atoms. The van der Waals surface area contributed by atoms with Gasteiger partial charge in [-0.2, -0.15) is 0 Å². The van der Waals surface area contributed by atoms with E-state index in [0.29, 0.717) is 5.75 Å². The van der Waals surface area contributed by atoms with E-state index in [0.717, 1.165) is 18.7 Å². The first kappa shape index (κ1) is 15.4. The van der Waals surface area contributed by atoms with Gasteiger partial charge in [0.15, 0.2) is 0 Å². The number of benzene rings is 1. The lowest BCUT2D eigenvalue weighted by atomic mass is 10.0. The summed E-state index contributed by atoms with van der Waals surface area (Å²) in [4.78, 5) is 0. The van der Waals surface area contributed by atoms with Gasteiger partial charge in [-0.15, -0.1) is 0 Å². The molecule has 0 spiro atoms. The van der Waals surface area contributed by atoms with Crippen LogP contribution in [0.15, 0.2) is 18.2 Å². The average Bonchev–Trinajstić information content (AvgIpc) is 2.32. The van der Waals surface area contributed by atoms with Gasteiger partial charge in [-0.25, -0.2) is 0 Å². The van der Waals surface area contributed by atoms with Crippen molar-refractivity contribution in [1.82, 2.24) is 5.32 Å². The second-order valence-corrected chi connectivity index (χ2v) is 6.39. The molecule has 0 radical (unpaired) electrons. The summed E-state index contributed by atoms with van der Waals surface area (Å²) in [5, 5.41) is 3.44. The second-order valence-electron chi connectivity index (χ2n) is 4.76. The van der Waals surface area contributed by atoms with E-state index >= 15 is 0 Å². The van der Waals surface area contributed by atoms with Crippen LogP contribution in [-0.2, 0) is 10.8 Å². The van der Waals surface area contributed by atoms with E-state index < -0.39 is 10.8 Å². The monoisotopic (exact) mass is 267 g/mol. The fourth-order valence-corrected chi connectivity index (χ4v) is 3.30. The summed E-state index contributed by atoms with van der Waals surface area (Å²) in [6.07, 6.45) is 0.985. The van der Waals surface area contributed by atoms with Gasteiger partial charge < -0.3 is 5.32 Å². The van der Waals surface area contributed by atoms with E-state index in [-0.39, 0.29) is 6.04 Å². The molecule has 0 saturated heterocycles. The van der Waals surface area contributed by atoms with Crippen molar-refractivity contribution in [3.05, 3.63) is 34.9 Å². The molecule has 0 amide bonds. The molecule has 0 aliphatic heterocycles. The van der Waals surface area contributed by atoms with Gasteiger partial charge >= 0.3 is 0 Å². The van der Waals surface area contributed by atoms with Crippen molar-refractivity contribution in [1.29, 1.82) is 0 Å². The van der Waals surface area contributed by atoms with E-state index in [9.17, 15) is 4.21 Å². The Kier molecular flexibility index (Phi) is 6.58. The molecule has 0 saturated carbocycles. The smallest absolute Gasteiger partial charge is 0.0436 e. The molecular formula is C15H25NOS. The summed E-state index contributed by atoms with van der Waals surface area (Å²) in [7, 11) is -0.727. The molecule has 1 rings (SSSR count). The number of nitrogens with one attached hydrogen (secondary N) is 1. The van der Waals surface area contributed by atoms with Crippen molar-refractivity contribution in [3.63, 3.8) is 0 Å². The van der Waals surface area contributed by atoms with Crippen LogP contribution in [0, 0.1) is 13.8 Å². The third-order valence-corrected chi connectivity index (χ3v) is 4.74. The molecule has 1 aromatic carbocycles. The van der Waals surface area contributed by atoms with E-state index in [1.165, 1.54) is 16.7 Å². The zero-order valence-corrected chi connectivity index (χ0v) is 12.8. The lowest BCUT2D eigenvalue weighted by molar-refractivity contribution is 0.593. The summed E-state index contributed by atoms with van der Waals surface area (Å²) in [6, 6.07) is 6.73. The van der Waals surface area contributed by atoms with E-state index in [4.69, 9.17) is 0 Å². The molecule has 0 heterocycles. The molecule has 0 aliphatic rings. The van der Waals surface area contributed by atoms with Crippen LogP contribution in [0.3, 0.4) is 0 Å². The first-order valence-corrected chi connectivity index (χ1v) is 8.22. The van der Waals surface area contributed by atoms with Crippen molar-refractivity contribution in [3.8, 4) is 0 Å². The minimum atomic E-state index is -0.727. The highest BCUT2D eigenvalue weighted by Gasteiger charge is 2.14. The van der Waals surface area contributed by atoms with Crippen molar-refractivity contribution < 1.29 is 4.21 Å². The first-order chi connectivity index (χ1) is 8.58. The summed E-state index contributed by atoms with van der Waals surface area (Å²) >= 11 is 0. The highest BCUT2D eigenvalue weighted by molar-refractivity contribution is 7.85. The number of aryl methyl sites for hydroxylation is 2. The third-order valence-electron chi connectivity index (χ3n) is 3.17. The lowest BCUT2D eigenvalue weighted by Crippen LogP contribution is -2.26. The van der Waals surface area contributed by atoms with Crippen molar-refractivity contribution >= 4 is 10.8 Å². The van der Waals surface area contributed by atoms with Crippen molar-refractivity contribution in [2.24, 2.45) is 0 Å². The van der Waals surface area contributed by atoms with Crippen LogP contribution < -0.4 is 5.32 Å². The van der Waals surface area contributed by atoms with Gasteiger partial charge in [-0.05, 0) is 43.5 Å². The molecule has 0 aliphatic carbocycles. The van der Waals surface area contributed by atoms with E-state index in [1.807, 2.05) is 0 Å². The Labute approximate surface area is 114 Å². The van der Waals surface area contributed by atoms with Gasteiger partial charge in [0.25, 0.3) is 0 Å². The molecule has 0 bridgehead atoms. The van der Waals surface area contributed by atoms with Gasteiger partial charge in [0.2, 0.25) is 0 Å². The van der Waals surface area contributed by atoms with Gasteiger partial charge in [0, 0.05) is 28.3 Å². The number of hydrogen-bond acceptors (Lipinski definition) is 2. The Morgan fingerprint density at radius 2 is 1.94 bits per heavy atom. The molecular weight excluding hydrogens is 242 g/mol. The summed E-state index contributed by atoms with van der Waals surface area (Å²) in [6.45, 7) is 9.33. The fourth-order valence-electron chi connectivity index (χ4n) is 2.00. The molecule has 1 aromatic rings. The van der Waals surface area contributed by atoms with Crippen molar-refractivity contribution in [2.75, 3.05) is 18.1 Å². The minimum Gasteiger partial charge on any atom is -0.309 e. The zero-order chi connectivity index (χ0) is 13.5. The average molecular weight is 267 g/mol. The maximum atomic E-state index is 11.9. The molecule has 2 unspecified atom stereocenters. The molecule has 1 N–H and O–H groups in total. The van der Waals surface area contributed by atoms with Crippen LogP contribution in [0.25, 0.3) is 0 Å². The predicted molar refractivity (Wildman–Crippen MR) is 80.5 cm³/mol. The molecule has 2 atom stereocenters. The lowest BCUT2D eigenvalue weighted by Gasteiger charge is -2.19. The quantitative estimate of drug-likeness (QED) is 0.822. The Balaban J connectivity index is 2.82. The van der Waals surface area contributed by atoms with Gasteiger partial charge in [-0.3, -0.25) is 4.21 Å². The molecule has 0 fully saturated rings. The van der Waals surface area contributed by atoms with Crippen molar-refractivity contribution in [2.45, 2.75) is 40.2 Å². The third kappa shape index (κ3) is 4.54. The molecule has 102 valence electrons. The Morgan fingerprint density at radius 1 is 1.22 bits per heavy atom. The highest BCUT2D eigenvalue weighted by Crippen LogP contribution is 2.18. The SMILES string of the molecule is CCCS(=O)CC(NCC)c1ccc(C)c(C)c1. The summed E-state index contributed by atoms with van der Waals surface area (Å²) in [5.74, 6) is 1.51. The van der Waals surface area contributed by atoms with Crippen LogP contribution in [-0.4, -0.2) is 22.3 Å². The summed E-state index contributed by atoms with van der Waals surface area (Å²) < 4.78 is 11.9. The first-order valence-electron chi connectivity index (χ1n) is 6.74. The predicted octanol–water partition coefficient (Wildman–Crippen LogP) is 3.11. The standard InChI is InChI=1S/C15H25NOS/c1-5-9-18(17)11-15(16-6-2)14-8-7-12(3)13(4)10-14/h7-8,10,15-16H,5-6,9,11H2,1-4H3. The molecule has 2 nitrogen and oxygen atoms in total.